The number of ether oxygens (including phenoxy) is 1. The molecular formula is C19H18O3. The molecule has 1 atom stereocenters. The number of phenolic OH excluding ortho intramolecular Hbond substituents is 1. The molecule has 1 N–H and O–H groups in total. The minimum Gasteiger partial charge on any atom is -0.508 e. The number of carbonyl (C=O) groups is 1. The Morgan fingerprint density at radius 3 is 2.36 bits per heavy atom. The van der Waals surface area contributed by atoms with Gasteiger partial charge < -0.3 is 9.84 Å². The summed E-state index contributed by atoms with van der Waals surface area (Å²) in [5.41, 5.74) is 4.38. The summed E-state index contributed by atoms with van der Waals surface area (Å²) in [6, 6.07) is 11.7. The molecule has 0 fully saturated rings. The lowest BCUT2D eigenvalue weighted by atomic mass is 9.76. The van der Waals surface area contributed by atoms with Gasteiger partial charge >= 0.3 is 5.97 Å². The maximum absolute atomic E-state index is 11.5. The van der Waals surface area contributed by atoms with Crippen molar-refractivity contribution >= 4 is 5.97 Å². The molecule has 0 heterocycles. The Bertz CT molecular complexity index is 774. The van der Waals surface area contributed by atoms with Gasteiger partial charge in [0.05, 0.1) is 0 Å². The molecule has 1 spiro atoms. The molecule has 4 rings (SSSR count). The summed E-state index contributed by atoms with van der Waals surface area (Å²) in [6.07, 6.45) is 3.84. The summed E-state index contributed by atoms with van der Waals surface area (Å²) in [5, 5.41) is 10.4. The molecule has 22 heavy (non-hydrogen) atoms. The summed E-state index contributed by atoms with van der Waals surface area (Å²) >= 11 is 0. The van der Waals surface area contributed by atoms with E-state index in [9.17, 15) is 9.90 Å². The Hall–Kier alpha value is -2.29. The van der Waals surface area contributed by atoms with Gasteiger partial charge in [-0.3, -0.25) is 4.79 Å². The SMILES string of the molecule is CC(=O)Oc1cccc2c1C1(CCc3cccc(O)c31)CC2. The lowest BCUT2D eigenvalue weighted by Gasteiger charge is -2.28. The van der Waals surface area contributed by atoms with Gasteiger partial charge in [0, 0.05) is 23.5 Å². The smallest absolute Gasteiger partial charge is 0.308 e. The topological polar surface area (TPSA) is 46.5 Å². The van der Waals surface area contributed by atoms with E-state index >= 15 is 0 Å². The van der Waals surface area contributed by atoms with Crippen molar-refractivity contribution in [1.82, 2.24) is 0 Å². The van der Waals surface area contributed by atoms with Crippen LogP contribution in [0.4, 0.5) is 0 Å². The monoisotopic (exact) mass is 294 g/mol. The zero-order valence-electron chi connectivity index (χ0n) is 12.6. The number of hydrogen-bond donors (Lipinski definition) is 1. The standard InChI is InChI=1S/C19H18O3/c1-12(20)22-16-7-3-5-14-9-11-19(18(14)16)10-8-13-4-2-6-15(21)17(13)19/h2-7,21H,8-11H2,1H3. The van der Waals surface area contributed by atoms with Gasteiger partial charge in [-0.05, 0) is 48.9 Å². The van der Waals surface area contributed by atoms with Crippen LogP contribution in [0.5, 0.6) is 11.5 Å². The molecule has 1 unspecified atom stereocenters. The third-order valence-corrected chi connectivity index (χ3v) is 5.09. The van der Waals surface area contributed by atoms with Crippen LogP contribution in [0.25, 0.3) is 0 Å². The van der Waals surface area contributed by atoms with E-state index in [-0.39, 0.29) is 11.4 Å². The molecule has 2 aromatic carbocycles. The van der Waals surface area contributed by atoms with Crippen LogP contribution in [0.15, 0.2) is 36.4 Å². The number of hydrogen-bond acceptors (Lipinski definition) is 3. The molecule has 112 valence electrons. The van der Waals surface area contributed by atoms with Crippen LogP contribution < -0.4 is 4.74 Å². The second kappa shape index (κ2) is 4.60. The number of rotatable bonds is 1. The molecule has 0 amide bonds. The minimum atomic E-state index is -0.300. The van der Waals surface area contributed by atoms with Crippen molar-refractivity contribution in [3.05, 3.63) is 58.7 Å². The van der Waals surface area contributed by atoms with E-state index in [0.29, 0.717) is 11.5 Å². The number of benzene rings is 2. The largest absolute Gasteiger partial charge is 0.508 e. The van der Waals surface area contributed by atoms with Crippen LogP contribution in [-0.2, 0) is 23.1 Å². The van der Waals surface area contributed by atoms with Crippen LogP contribution in [0, 0.1) is 0 Å². The molecule has 3 nitrogen and oxygen atoms in total. The first-order valence-corrected chi connectivity index (χ1v) is 7.74. The van der Waals surface area contributed by atoms with Crippen molar-refractivity contribution in [2.45, 2.75) is 38.0 Å². The fraction of sp³-hybridized carbons (Fsp3) is 0.316. The first-order valence-electron chi connectivity index (χ1n) is 7.74. The van der Waals surface area contributed by atoms with Crippen molar-refractivity contribution in [3.63, 3.8) is 0 Å². The maximum atomic E-state index is 11.5. The fourth-order valence-corrected chi connectivity index (χ4v) is 4.36. The second-order valence-corrected chi connectivity index (χ2v) is 6.28. The van der Waals surface area contributed by atoms with Crippen molar-refractivity contribution < 1.29 is 14.6 Å². The molecule has 2 aromatic rings. The molecule has 0 bridgehead atoms. The number of esters is 1. The number of aryl methyl sites for hydroxylation is 2. The van der Waals surface area contributed by atoms with Gasteiger partial charge in [-0.25, -0.2) is 0 Å². The minimum absolute atomic E-state index is 0.206. The quantitative estimate of drug-likeness (QED) is 0.647. The molecule has 0 radical (unpaired) electrons. The Balaban J connectivity index is 1.96. The van der Waals surface area contributed by atoms with Gasteiger partial charge in [-0.1, -0.05) is 24.3 Å². The van der Waals surface area contributed by atoms with Crippen molar-refractivity contribution in [2.75, 3.05) is 0 Å². The van der Waals surface area contributed by atoms with E-state index in [4.69, 9.17) is 4.74 Å². The van der Waals surface area contributed by atoms with E-state index in [1.54, 1.807) is 6.07 Å². The van der Waals surface area contributed by atoms with Crippen LogP contribution in [-0.4, -0.2) is 11.1 Å². The average Bonchev–Trinajstić information content (AvgIpc) is 3.04. The normalized spacial score (nSPS) is 21.7. The highest BCUT2D eigenvalue weighted by Crippen LogP contribution is 2.57. The van der Waals surface area contributed by atoms with Crippen LogP contribution in [0.2, 0.25) is 0 Å². The zero-order valence-corrected chi connectivity index (χ0v) is 12.6. The Morgan fingerprint density at radius 1 is 1.05 bits per heavy atom. The van der Waals surface area contributed by atoms with E-state index in [0.717, 1.165) is 36.8 Å². The van der Waals surface area contributed by atoms with Crippen molar-refractivity contribution in [3.8, 4) is 11.5 Å². The molecule has 0 aromatic heterocycles. The lowest BCUT2D eigenvalue weighted by Crippen LogP contribution is -2.22. The Labute approximate surface area is 129 Å². The molecule has 0 aliphatic heterocycles. The highest BCUT2D eigenvalue weighted by atomic mass is 16.5. The van der Waals surface area contributed by atoms with Gasteiger partial charge in [0.2, 0.25) is 0 Å². The van der Waals surface area contributed by atoms with Crippen molar-refractivity contribution in [1.29, 1.82) is 0 Å². The number of phenols is 1. The van der Waals surface area contributed by atoms with Gasteiger partial charge in [0.25, 0.3) is 0 Å². The van der Waals surface area contributed by atoms with Crippen LogP contribution >= 0.6 is 0 Å². The summed E-state index contributed by atoms with van der Waals surface area (Å²) in [6.45, 7) is 1.43. The fourth-order valence-electron chi connectivity index (χ4n) is 4.36. The molecular weight excluding hydrogens is 276 g/mol. The highest BCUT2D eigenvalue weighted by molar-refractivity contribution is 5.72. The number of carbonyl (C=O) groups excluding carboxylic acids is 1. The first-order chi connectivity index (χ1) is 10.6. The number of fused-ring (bicyclic) bond motifs is 4. The van der Waals surface area contributed by atoms with Gasteiger partial charge in [-0.2, -0.15) is 0 Å². The molecule has 3 heteroatoms. The van der Waals surface area contributed by atoms with Crippen LogP contribution in [0.3, 0.4) is 0 Å². The van der Waals surface area contributed by atoms with E-state index in [2.05, 4.69) is 12.1 Å². The number of aromatic hydroxyl groups is 1. The maximum Gasteiger partial charge on any atom is 0.308 e. The van der Waals surface area contributed by atoms with Crippen molar-refractivity contribution in [2.24, 2.45) is 0 Å². The van der Waals surface area contributed by atoms with E-state index in [1.807, 2.05) is 18.2 Å². The zero-order chi connectivity index (χ0) is 15.3. The summed E-state index contributed by atoms with van der Waals surface area (Å²) in [4.78, 5) is 11.5. The summed E-state index contributed by atoms with van der Waals surface area (Å²) in [5.74, 6) is 0.713. The van der Waals surface area contributed by atoms with Gasteiger partial charge in [0.1, 0.15) is 11.5 Å². The van der Waals surface area contributed by atoms with E-state index in [1.165, 1.54) is 18.1 Å². The first kappa shape index (κ1) is 13.4. The van der Waals surface area contributed by atoms with Crippen LogP contribution in [0.1, 0.15) is 42.0 Å². The summed E-state index contributed by atoms with van der Waals surface area (Å²) in [7, 11) is 0. The Morgan fingerprint density at radius 2 is 1.68 bits per heavy atom. The predicted molar refractivity (Wildman–Crippen MR) is 83.3 cm³/mol. The molecule has 0 saturated heterocycles. The third-order valence-electron chi connectivity index (χ3n) is 5.09. The van der Waals surface area contributed by atoms with Gasteiger partial charge in [0.15, 0.2) is 0 Å². The summed E-state index contributed by atoms with van der Waals surface area (Å²) < 4.78 is 5.48. The third kappa shape index (κ3) is 1.71. The predicted octanol–water partition coefficient (Wildman–Crippen LogP) is 3.50. The average molecular weight is 294 g/mol. The van der Waals surface area contributed by atoms with E-state index < -0.39 is 0 Å². The molecule has 0 saturated carbocycles. The molecule has 2 aliphatic rings. The Kier molecular flexibility index (Phi) is 2.80. The lowest BCUT2D eigenvalue weighted by molar-refractivity contribution is -0.131. The molecule has 2 aliphatic carbocycles. The highest BCUT2D eigenvalue weighted by Gasteiger charge is 2.48. The van der Waals surface area contributed by atoms with Gasteiger partial charge in [-0.15, -0.1) is 0 Å². The second-order valence-electron chi connectivity index (χ2n) is 6.28.